The number of hydrogen-bond donors (Lipinski definition) is 1. The molecule has 0 aliphatic heterocycles. The fraction of sp³-hybridized carbons (Fsp3) is 0.538. The van der Waals surface area contributed by atoms with Crippen LogP contribution in [0.4, 0.5) is 0 Å². The van der Waals surface area contributed by atoms with E-state index in [-0.39, 0.29) is 0 Å². The zero-order valence-corrected chi connectivity index (χ0v) is 10.3. The second kappa shape index (κ2) is 6.86. The fourth-order valence-electron chi connectivity index (χ4n) is 1.70. The molecule has 1 rings (SSSR count). The lowest BCUT2D eigenvalue weighted by atomic mass is 10.1. The summed E-state index contributed by atoms with van der Waals surface area (Å²) in [6, 6.07) is 8.02. The molecule has 0 aromatic heterocycles. The van der Waals surface area contributed by atoms with E-state index in [1.54, 1.807) is 0 Å². The molecular weight excluding hydrogens is 206 g/mol. The maximum Gasteiger partial charge on any atom is 0.0409 e. The lowest BCUT2D eigenvalue weighted by Gasteiger charge is -2.11. The predicted octanol–water partition coefficient (Wildman–Crippen LogP) is 3.87. The highest BCUT2D eigenvalue weighted by molar-refractivity contribution is 6.30. The summed E-state index contributed by atoms with van der Waals surface area (Å²) in [5, 5.41) is 4.27. The van der Waals surface area contributed by atoms with Gasteiger partial charge in [-0.1, -0.05) is 44.0 Å². The van der Waals surface area contributed by atoms with E-state index in [2.05, 4.69) is 25.2 Å². The third-order valence-corrected chi connectivity index (χ3v) is 2.73. The first kappa shape index (κ1) is 12.5. The molecule has 1 N–H and O–H groups in total. The standard InChI is InChI=1S/C13H20ClN/c1-3-5-11(2)9-15-10-12-6-4-7-13(14)8-12/h4,6-8,11,15H,3,5,9-10H2,1-2H3. The number of benzene rings is 1. The normalized spacial score (nSPS) is 12.7. The Labute approximate surface area is 97.8 Å². The van der Waals surface area contributed by atoms with Crippen LogP contribution in [-0.4, -0.2) is 6.54 Å². The Balaban J connectivity index is 2.25. The largest absolute Gasteiger partial charge is 0.312 e. The van der Waals surface area contributed by atoms with Crippen LogP contribution >= 0.6 is 11.6 Å². The molecule has 0 spiro atoms. The summed E-state index contributed by atoms with van der Waals surface area (Å²) in [4.78, 5) is 0. The van der Waals surface area contributed by atoms with Crippen LogP contribution in [0.1, 0.15) is 32.3 Å². The van der Waals surface area contributed by atoms with Gasteiger partial charge in [0.15, 0.2) is 0 Å². The van der Waals surface area contributed by atoms with E-state index in [1.807, 2.05) is 18.2 Å². The van der Waals surface area contributed by atoms with Crippen LogP contribution in [0.25, 0.3) is 0 Å². The van der Waals surface area contributed by atoms with Gasteiger partial charge in [0.05, 0.1) is 0 Å². The summed E-state index contributed by atoms with van der Waals surface area (Å²) in [7, 11) is 0. The Morgan fingerprint density at radius 1 is 1.40 bits per heavy atom. The molecule has 0 saturated heterocycles. The van der Waals surface area contributed by atoms with Crippen molar-refractivity contribution in [3.63, 3.8) is 0 Å². The lowest BCUT2D eigenvalue weighted by Crippen LogP contribution is -2.20. The average molecular weight is 226 g/mol. The SMILES string of the molecule is CCCC(C)CNCc1cccc(Cl)c1. The molecule has 0 amide bonds. The van der Waals surface area contributed by atoms with Crippen molar-refractivity contribution in [1.82, 2.24) is 5.32 Å². The van der Waals surface area contributed by atoms with Crippen LogP contribution in [0.2, 0.25) is 5.02 Å². The van der Waals surface area contributed by atoms with Gasteiger partial charge in [-0.25, -0.2) is 0 Å². The molecule has 0 saturated carbocycles. The van der Waals surface area contributed by atoms with Crippen molar-refractivity contribution in [2.24, 2.45) is 5.92 Å². The molecule has 15 heavy (non-hydrogen) atoms. The van der Waals surface area contributed by atoms with Crippen LogP contribution in [0, 0.1) is 5.92 Å². The van der Waals surface area contributed by atoms with E-state index >= 15 is 0 Å². The summed E-state index contributed by atoms with van der Waals surface area (Å²) in [6.45, 7) is 6.51. The first-order valence-corrected chi connectivity index (χ1v) is 6.05. The summed E-state index contributed by atoms with van der Waals surface area (Å²) in [5.41, 5.74) is 1.26. The zero-order chi connectivity index (χ0) is 11.1. The summed E-state index contributed by atoms with van der Waals surface area (Å²) in [6.07, 6.45) is 2.56. The first-order chi connectivity index (χ1) is 7.22. The van der Waals surface area contributed by atoms with Crippen molar-refractivity contribution in [3.05, 3.63) is 34.9 Å². The van der Waals surface area contributed by atoms with Crippen LogP contribution in [0.5, 0.6) is 0 Å². The van der Waals surface area contributed by atoms with Gasteiger partial charge in [-0.15, -0.1) is 0 Å². The highest BCUT2D eigenvalue weighted by Gasteiger charge is 2.00. The molecule has 1 unspecified atom stereocenters. The fourth-order valence-corrected chi connectivity index (χ4v) is 1.92. The smallest absolute Gasteiger partial charge is 0.0409 e. The molecule has 0 fully saturated rings. The summed E-state index contributed by atoms with van der Waals surface area (Å²) >= 11 is 5.91. The summed E-state index contributed by atoms with van der Waals surface area (Å²) in [5.74, 6) is 0.759. The second-order valence-corrected chi connectivity index (χ2v) is 4.59. The number of nitrogens with one attached hydrogen (secondary N) is 1. The number of halogens is 1. The van der Waals surface area contributed by atoms with E-state index in [4.69, 9.17) is 11.6 Å². The minimum absolute atomic E-state index is 0.759. The van der Waals surface area contributed by atoms with Gasteiger partial charge in [0.2, 0.25) is 0 Å². The maximum atomic E-state index is 5.91. The highest BCUT2D eigenvalue weighted by Crippen LogP contribution is 2.10. The summed E-state index contributed by atoms with van der Waals surface area (Å²) < 4.78 is 0. The van der Waals surface area contributed by atoms with Gasteiger partial charge in [-0.2, -0.15) is 0 Å². The molecule has 0 heterocycles. The topological polar surface area (TPSA) is 12.0 Å². The predicted molar refractivity (Wildman–Crippen MR) is 67.2 cm³/mol. The molecule has 1 atom stereocenters. The minimum Gasteiger partial charge on any atom is -0.312 e. The van der Waals surface area contributed by atoms with Crippen molar-refractivity contribution in [1.29, 1.82) is 0 Å². The highest BCUT2D eigenvalue weighted by atomic mass is 35.5. The molecule has 1 nitrogen and oxygen atoms in total. The van der Waals surface area contributed by atoms with Crippen molar-refractivity contribution in [2.45, 2.75) is 33.2 Å². The number of rotatable bonds is 6. The Morgan fingerprint density at radius 2 is 2.20 bits per heavy atom. The molecule has 0 aliphatic carbocycles. The van der Waals surface area contributed by atoms with Gasteiger partial charge in [0.25, 0.3) is 0 Å². The van der Waals surface area contributed by atoms with Gasteiger partial charge in [0.1, 0.15) is 0 Å². The molecule has 1 aromatic carbocycles. The molecule has 0 radical (unpaired) electrons. The number of hydrogen-bond acceptors (Lipinski definition) is 1. The van der Waals surface area contributed by atoms with Gasteiger partial charge in [-0.05, 0) is 36.6 Å². The van der Waals surface area contributed by atoms with E-state index in [1.165, 1.54) is 18.4 Å². The lowest BCUT2D eigenvalue weighted by molar-refractivity contribution is 0.476. The quantitative estimate of drug-likeness (QED) is 0.775. The van der Waals surface area contributed by atoms with Crippen molar-refractivity contribution >= 4 is 11.6 Å². The second-order valence-electron chi connectivity index (χ2n) is 4.15. The molecular formula is C13H20ClN. The van der Waals surface area contributed by atoms with Gasteiger partial charge in [-0.3, -0.25) is 0 Å². The average Bonchev–Trinajstić information content (AvgIpc) is 2.18. The monoisotopic (exact) mass is 225 g/mol. The third-order valence-electron chi connectivity index (χ3n) is 2.49. The Kier molecular flexibility index (Phi) is 5.74. The first-order valence-electron chi connectivity index (χ1n) is 5.67. The zero-order valence-electron chi connectivity index (χ0n) is 9.59. The van der Waals surface area contributed by atoms with Gasteiger partial charge in [0, 0.05) is 11.6 Å². The molecule has 84 valence electrons. The van der Waals surface area contributed by atoms with Crippen LogP contribution in [0.3, 0.4) is 0 Å². The Morgan fingerprint density at radius 3 is 2.87 bits per heavy atom. The van der Waals surface area contributed by atoms with Crippen LogP contribution < -0.4 is 5.32 Å². The van der Waals surface area contributed by atoms with Crippen LogP contribution in [-0.2, 0) is 6.54 Å². The Bertz CT molecular complexity index is 286. The van der Waals surface area contributed by atoms with E-state index in [9.17, 15) is 0 Å². The molecule has 1 aromatic rings. The van der Waals surface area contributed by atoms with E-state index < -0.39 is 0 Å². The minimum atomic E-state index is 0.759. The van der Waals surface area contributed by atoms with Crippen molar-refractivity contribution < 1.29 is 0 Å². The van der Waals surface area contributed by atoms with E-state index in [0.717, 1.165) is 24.0 Å². The van der Waals surface area contributed by atoms with Crippen LogP contribution in [0.15, 0.2) is 24.3 Å². The van der Waals surface area contributed by atoms with E-state index in [0.29, 0.717) is 0 Å². The van der Waals surface area contributed by atoms with Gasteiger partial charge < -0.3 is 5.32 Å². The maximum absolute atomic E-state index is 5.91. The van der Waals surface area contributed by atoms with Gasteiger partial charge >= 0.3 is 0 Å². The molecule has 2 heteroatoms. The van der Waals surface area contributed by atoms with Crippen molar-refractivity contribution in [2.75, 3.05) is 6.54 Å². The Hall–Kier alpha value is -0.530. The van der Waals surface area contributed by atoms with Crippen molar-refractivity contribution in [3.8, 4) is 0 Å². The third kappa shape index (κ3) is 5.19. The molecule has 0 bridgehead atoms. The molecule has 0 aliphatic rings.